The van der Waals surface area contributed by atoms with Gasteiger partial charge in [0.15, 0.2) is 0 Å². The molecule has 3 heterocycles. The molecule has 8 heteroatoms. The standard InChI is InChI=1S/C20H26F2N4O2/c21-12-1-4-16(22)15(5-12)19-17(23)6-14(10-28-19)25-7-11-8-26(18(11)9-25)20(27)24-13-2-3-13/h1,4-5,11,13-14,17-19H,2-3,6-10,23H2,(H,24,27)/t11?,14-,17+,18?,19-/m1/s1. The van der Waals surface area contributed by atoms with E-state index < -0.39 is 23.8 Å². The lowest BCUT2D eigenvalue weighted by atomic mass is 9.92. The second-order valence-electron chi connectivity index (χ2n) is 8.63. The van der Waals surface area contributed by atoms with E-state index in [1.54, 1.807) is 0 Å². The molecule has 152 valence electrons. The van der Waals surface area contributed by atoms with Gasteiger partial charge >= 0.3 is 6.03 Å². The van der Waals surface area contributed by atoms with Crippen LogP contribution in [-0.2, 0) is 4.74 Å². The average molecular weight is 392 g/mol. The number of carbonyl (C=O) groups is 1. The predicted molar refractivity (Wildman–Crippen MR) is 98.5 cm³/mol. The Bertz CT molecular complexity index is 775. The number of carbonyl (C=O) groups excluding carboxylic acids is 1. The fourth-order valence-corrected chi connectivity index (χ4v) is 4.84. The molecule has 0 bridgehead atoms. The summed E-state index contributed by atoms with van der Waals surface area (Å²) in [7, 11) is 0. The Labute approximate surface area is 163 Å². The molecule has 0 aromatic heterocycles. The minimum atomic E-state index is -0.632. The molecule has 2 unspecified atom stereocenters. The Morgan fingerprint density at radius 1 is 1.21 bits per heavy atom. The summed E-state index contributed by atoms with van der Waals surface area (Å²) >= 11 is 0. The molecular formula is C20H26F2N4O2. The number of ether oxygens (including phenoxy) is 1. The van der Waals surface area contributed by atoms with Crippen LogP contribution in [0.15, 0.2) is 18.2 Å². The highest BCUT2D eigenvalue weighted by atomic mass is 19.1. The highest BCUT2D eigenvalue weighted by Gasteiger charge is 2.50. The molecule has 3 saturated heterocycles. The fourth-order valence-electron chi connectivity index (χ4n) is 4.84. The summed E-state index contributed by atoms with van der Waals surface area (Å²) in [4.78, 5) is 16.6. The molecule has 28 heavy (non-hydrogen) atoms. The van der Waals surface area contributed by atoms with Crippen molar-refractivity contribution in [3.8, 4) is 0 Å². The minimum Gasteiger partial charge on any atom is -0.370 e. The van der Waals surface area contributed by atoms with E-state index in [9.17, 15) is 13.6 Å². The highest BCUT2D eigenvalue weighted by molar-refractivity contribution is 5.76. The van der Waals surface area contributed by atoms with E-state index >= 15 is 0 Å². The van der Waals surface area contributed by atoms with Crippen molar-refractivity contribution in [3.63, 3.8) is 0 Å². The maximum Gasteiger partial charge on any atom is 0.317 e. The molecule has 4 aliphatic rings. The molecule has 3 aliphatic heterocycles. The number of nitrogens with two attached hydrogens (primary N) is 1. The number of nitrogens with zero attached hydrogens (tertiary/aromatic N) is 2. The molecule has 6 nitrogen and oxygen atoms in total. The van der Waals surface area contributed by atoms with Gasteiger partial charge in [0, 0.05) is 49.2 Å². The Balaban J connectivity index is 1.19. The van der Waals surface area contributed by atoms with Gasteiger partial charge in [-0.05, 0) is 37.5 Å². The molecule has 0 spiro atoms. The van der Waals surface area contributed by atoms with Gasteiger partial charge in [-0.15, -0.1) is 0 Å². The van der Waals surface area contributed by atoms with Gasteiger partial charge in [-0.2, -0.15) is 0 Å². The zero-order valence-corrected chi connectivity index (χ0v) is 15.7. The normalized spacial score (nSPS) is 35.4. The summed E-state index contributed by atoms with van der Waals surface area (Å²) in [5.74, 6) is -0.480. The topological polar surface area (TPSA) is 70.8 Å². The van der Waals surface area contributed by atoms with Gasteiger partial charge in [-0.1, -0.05) is 0 Å². The van der Waals surface area contributed by atoms with Gasteiger partial charge in [-0.25, -0.2) is 13.6 Å². The number of likely N-dealkylation sites (tertiary alicyclic amines) is 2. The van der Waals surface area contributed by atoms with Crippen molar-refractivity contribution in [2.75, 3.05) is 26.2 Å². The lowest BCUT2D eigenvalue weighted by molar-refractivity contribution is -0.0475. The number of amides is 2. The molecule has 1 aromatic carbocycles. The van der Waals surface area contributed by atoms with Crippen LogP contribution in [0.2, 0.25) is 0 Å². The van der Waals surface area contributed by atoms with Crippen molar-refractivity contribution in [3.05, 3.63) is 35.4 Å². The Morgan fingerprint density at radius 3 is 2.79 bits per heavy atom. The van der Waals surface area contributed by atoms with Crippen LogP contribution in [0, 0.1) is 17.6 Å². The minimum absolute atomic E-state index is 0.0591. The molecule has 0 radical (unpaired) electrons. The quantitative estimate of drug-likeness (QED) is 0.820. The first-order chi connectivity index (χ1) is 13.5. The van der Waals surface area contributed by atoms with Crippen LogP contribution in [0.5, 0.6) is 0 Å². The van der Waals surface area contributed by atoms with Crippen LogP contribution in [0.4, 0.5) is 13.6 Å². The lowest BCUT2D eigenvalue weighted by Gasteiger charge is -2.43. The SMILES string of the molecule is N[C@H]1C[C@@H](N2CC3CN(C(=O)NC4CC4)C3C2)CO[C@@H]1c1cc(F)ccc1F. The van der Waals surface area contributed by atoms with Crippen LogP contribution < -0.4 is 11.1 Å². The largest absolute Gasteiger partial charge is 0.370 e. The number of nitrogens with one attached hydrogen (secondary N) is 1. The summed E-state index contributed by atoms with van der Waals surface area (Å²) in [5, 5.41) is 3.06. The smallest absolute Gasteiger partial charge is 0.317 e. The third kappa shape index (κ3) is 3.27. The summed E-state index contributed by atoms with van der Waals surface area (Å²) in [6, 6.07) is 3.82. The van der Waals surface area contributed by atoms with Crippen molar-refractivity contribution in [2.24, 2.45) is 11.7 Å². The highest BCUT2D eigenvalue weighted by Crippen LogP contribution is 2.37. The molecule has 1 aliphatic carbocycles. The monoisotopic (exact) mass is 392 g/mol. The second-order valence-corrected chi connectivity index (χ2v) is 8.63. The van der Waals surface area contributed by atoms with E-state index in [1.807, 2.05) is 4.90 Å². The van der Waals surface area contributed by atoms with Gasteiger partial charge in [0.05, 0.1) is 12.6 Å². The van der Waals surface area contributed by atoms with Gasteiger partial charge < -0.3 is 20.7 Å². The van der Waals surface area contributed by atoms with E-state index in [-0.39, 0.29) is 23.7 Å². The summed E-state index contributed by atoms with van der Waals surface area (Å²) < 4.78 is 33.5. The lowest BCUT2D eigenvalue weighted by Crippen LogP contribution is -2.61. The zero-order valence-electron chi connectivity index (χ0n) is 15.7. The maximum atomic E-state index is 14.1. The Kier molecular flexibility index (Phi) is 4.52. The Morgan fingerprint density at radius 2 is 2.04 bits per heavy atom. The number of halogens is 2. The molecule has 1 saturated carbocycles. The van der Waals surface area contributed by atoms with E-state index in [4.69, 9.17) is 10.5 Å². The number of hydrogen-bond donors (Lipinski definition) is 2. The summed E-state index contributed by atoms with van der Waals surface area (Å²) in [6.07, 6.45) is 2.20. The van der Waals surface area contributed by atoms with Crippen LogP contribution >= 0.6 is 0 Å². The third-order valence-electron chi connectivity index (χ3n) is 6.61. The molecule has 5 rings (SSSR count). The van der Waals surface area contributed by atoms with Crippen LogP contribution in [0.25, 0.3) is 0 Å². The second kappa shape index (κ2) is 6.93. The average Bonchev–Trinajstić information content (AvgIpc) is 3.40. The summed E-state index contributed by atoms with van der Waals surface area (Å²) in [5.41, 5.74) is 6.49. The zero-order chi connectivity index (χ0) is 19.4. The molecule has 1 aromatic rings. The van der Waals surface area contributed by atoms with Crippen LogP contribution in [0.3, 0.4) is 0 Å². The van der Waals surface area contributed by atoms with Crippen molar-refractivity contribution in [1.82, 2.24) is 15.1 Å². The molecule has 4 fully saturated rings. The van der Waals surface area contributed by atoms with E-state index in [2.05, 4.69) is 10.2 Å². The first kappa shape index (κ1) is 18.3. The van der Waals surface area contributed by atoms with Gasteiger partial charge in [0.2, 0.25) is 0 Å². The fraction of sp³-hybridized carbons (Fsp3) is 0.650. The first-order valence-corrected chi connectivity index (χ1v) is 10.1. The molecule has 3 N–H and O–H groups in total. The van der Waals surface area contributed by atoms with Gasteiger partial charge in [0.1, 0.15) is 17.7 Å². The number of urea groups is 1. The van der Waals surface area contributed by atoms with Crippen molar-refractivity contribution in [1.29, 1.82) is 0 Å². The number of fused-ring (bicyclic) bond motifs is 1. The maximum absolute atomic E-state index is 14.1. The Hall–Kier alpha value is -1.77. The van der Waals surface area contributed by atoms with Crippen molar-refractivity contribution < 1.29 is 18.3 Å². The molecule has 5 atom stereocenters. The van der Waals surface area contributed by atoms with E-state index in [0.717, 1.165) is 44.6 Å². The third-order valence-corrected chi connectivity index (χ3v) is 6.61. The van der Waals surface area contributed by atoms with E-state index in [0.29, 0.717) is 25.0 Å². The van der Waals surface area contributed by atoms with E-state index in [1.165, 1.54) is 6.07 Å². The molecular weight excluding hydrogens is 366 g/mol. The van der Waals surface area contributed by atoms with Crippen molar-refractivity contribution >= 4 is 6.03 Å². The van der Waals surface area contributed by atoms with Crippen molar-refractivity contribution in [2.45, 2.75) is 49.5 Å². The van der Waals surface area contributed by atoms with Gasteiger partial charge in [-0.3, -0.25) is 4.90 Å². The van der Waals surface area contributed by atoms with Crippen LogP contribution in [0.1, 0.15) is 30.9 Å². The predicted octanol–water partition coefficient (Wildman–Crippen LogP) is 1.61. The number of benzene rings is 1. The number of hydrogen-bond acceptors (Lipinski definition) is 4. The first-order valence-electron chi connectivity index (χ1n) is 10.1. The molecule has 2 amide bonds. The van der Waals surface area contributed by atoms with Crippen LogP contribution in [-0.4, -0.2) is 66.2 Å². The number of rotatable bonds is 3. The van der Waals surface area contributed by atoms with Gasteiger partial charge in [0.25, 0.3) is 0 Å². The summed E-state index contributed by atoms with van der Waals surface area (Å²) in [6.45, 7) is 2.98.